The Morgan fingerprint density at radius 1 is 1.20 bits per heavy atom. The number of esters is 1. The number of methoxy groups -OCH3 is 1. The first-order valence-electron chi connectivity index (χ1n) is 7.17. The molecule has 0 heterocycles. The van der Waals surface area contributed by atoms with E-state index in [9.17, 15) is 4.79 Å². The smallest absolute Gasteiger partial charge is 0.308 e. The molecule has 1 aliphatic carbocycles. The topological polar surface area (TPSA) is 35.5 Å². The lowest BCUT2D eigenvalue weighted by Crippen LogP contribution is -2.27. The fourth-order valence-electron chi connectivity index (χ4n) is 2.52. The predicted octanol–water partition coefficient (Wildman–Crippen LogP) is 3.53. The molecule has 20 heavy (non-hydrogen) atoms. The zero-order valence-electron chi connectivity index (χ0n) is 11.9. The van der Waals surface area contributed by atoms with E-state index >= 15 is 0 Å². The minimum absolute atomic E-state index is 0.0666. The van der Waals surface area contributed by atoms with E-state index in [1.54, 1.807) is 0 Å². The van der Waals surface area contributed by atoms with Crippen LogP contribution in [0, 0.1) is 5.92 Å². The standard InChI is InChI=1S/C16H22O3S/c1-18-16(17)13-7-9-14(10-8-13)19-11-12-20-15-5-3-2-4-6-15/h2-6,13-14H,7-12H2,1H3. The van der Waals surface area contributed by atoms with Crippen LogP contribution in [0.4, 0.5) is 0 Å². The van der Waals surface area contributed by atoms with Crippen molar-refractivity contribution in [3.05, 3.63) is 30.3 Å². The van der Waals surface area contributed by atoms with Crippen molar-refractivity contribution in [1.29, 1.82) is 0 Å². The Morgan fingerprint density at radius 2 is 1.90 bits per heavy atom. The van der Waals surface area contributed by atoms with Crippen LogP contribution in [0.15, 0.2) is 35.2 Å². The summed E-state index contributed by atoms with van der Waals surface area (Å²) in [5, 5.41) is 0. The highest BCUT2D eigenvalue weighted by Gasteiger charge is 2.27. The maximum absolute atomic E-state index is 11.4. The first kappa shape index (κ1) is 15.4. The molecule has 0 spiro atoms. The van der Waals surface area contributed by atoms with Gasteiger partial charge in [0.15, 0.2) is 0 Å². The van der Waals surface area contributed by atoms with Crippen molar-refractivity contribution in [3.63, 3.8) is 0 Å². The molecule has 1 aromatic carbocycles. The van der Waals surface area contributed by atoms with Gasteiger partial charge in [0.1, 0.15) is 0 Å². The molecule has 2 rings (SSSR count). The van der Waals surface area contributed by atoms with Crippen LogP contribution in [-0.4, -0.2) is 31.5 Å². The van der Waals surface area contributed by atoms with E-state index in [0.717, 1.165) is 38.0 Å². The predicted molar refractivity (Wildman–Crippen MR) is 80.9 cm³/mol. The van der Waals surface area contributed by atoms with Gasteiger partial charge in [-0.15, -0.1) is 11.8 Å². The number of carbonyl (C=O) groups is 1. The Bertz CT molecular complexity index is 399. The second-order valence-corrected chi connectivity index (χ2v) is 6.20. The van der Waals surface area contributed by atoms with E-state index in [1.807, 2.05) is 17.8 Å². The van der Waals surface area contributed by atoms with Crippen LogP contribution in [-0.2, 0) is 14.3 Å². The highest BCUT2D eigenvalue weighted by Crippen LogP contribution is 2.27. The van der Waals surface area contributed by atoms with Gasteiger partial charge in [-0.2, -0.15) is 0 Å². The molecule has 0 aliphatic heterocycles. The minimum Gasteiger partial charge on any atom is -0.469 e. The van der Waals surface area contributed by atoms with Gasteiger partial charge in [0.05, 0.1) is 25.7 Å². The Hall–Kier alpha value is -1.00. The molecule has 0 bridgehead atoms. The fraction of sp³-hybridized carbons (Fsp3) is 0.562. The van der Waals surface area contributed by atoms with E-state index in [4.69, 9.17) is 9.47 Å². The second kappa shape index (κ2) is 8.32. The maximum Gasteiger partial charge on any atom is 0.308 e. The van der Waals surface area contributed by atoms with Crippen LogP contribution in [0.25, 0.3) is 0 Å². The normalized spacial score (nSPS) is 22.4. The van der Waals surface area contributed by atoms with Gasteiger partial charge in [-0.3, -0.25) is 4.79 Å². The zero-order valence-corrected chi connectivity index (χ0v) is 12.7. The molecule has 0 radical (unpaired) electrons. The number of thioether (sulfide) groups is 1. The summed E-state index contributed by atoms with van der Waals surface area (Å²) in [4.78, 5) is 12.7. The fourth-order valence-corrected chi connectivity index (χ4v) is 3.29. The monoisotopic (exact) mass is 294 g/mol. The summed E-state index contributed by atoms with van der Waals surface area (Å²) in [7, 11) is 1.46. The first-order chi connectivity index (χ1) is 9.79. The van der Waals surface area contributed by atoms with Gasteiger partial charge in [-0.05, 0) is 37.8 Å². The molecule has 0 unspecified atom stereocenters. The molecular formula is C16H22O3S. The molecule has 110 valence electrons. The quantitative estimate of drug-likeness (QED) is 0.457. The maximum atomic E-state index is 11.4. The zero-order chi connectivity index (χ0) is 14.2. The molecular weight excluding hydrogens is 272 g/mol. The van der Waals surface area contributed by atoms with Gasteiger partial charge < -0.3 is 9.47 Å². The molecule has 1 fully saturated rings. The van der Waals surface area contributed by atoms with Crippen LogP contribution >= 0.6 is 11.8 Å². The Labute approximate surface area is 125 Å². The highest BCUT2D eigenvalue weighted by atomic mass is 32.2. The van der Waals surface area contributed by atoms with Crippen LogP contribution in [0.5, 0.6) is 0 Å². The van der Waals surface area contributed by atoms with Crippen LogP contribution in [0.2, 0.25) is 0 Å². The van der Waals surface area contributed by atoms with Gasteiger partial charge in [0, 0.05) is 10.6 Å². The average Bonchev–Trinajstić information content (AvgIpc) is 2.52. The van der Waals surface area contributed by atoms with Gasteiger partial charge >= 0.3 is 5.97 Å². The summed E-state index contributed by atoms with van der Waals surface area (Å²) in [5.74, 6) is 0.989. The lowest BCUT2D eigenvalue weighted by Gasteiger charge is -2.26. The van der Waals surface area contributed by atoms with Crippen LogP contribution < -0.4 is 0 Å². The van der Waals surface area contributed by atoms with E-state index in [2.05, 4.69) is 24.3 Å². The Balaban J connectivity index is 1.58. The van der Waals surface area contributed by atoms with Crippen molar-refractivity contribution < 1.29 is 14.3 Å². The number of benzene rings is 1. The molecule has 3 nitrogen and oxygen atoms in total. The molecule has 1 aliphatic rings. The minimum atomic E-state index is -0.0666. The Morgan fingerprint density at radius 3 is 2.55 bits per heavy atom. The number of rotatable bonds is 6. The number of hydrogen-bond acceptors (Lipinski definition) is 4. The summed E-state index contributed by atoms with van der Waals surface area (Å²) in [6.45, 7) is 0.771. The number of ether oxygens (including phenoxy) is 2. The van der Waals surface area contributed by atoms with E-state index < -0.39 is 0 Å². The SMILES string of the molecule is COC(=O)C1CCC(OCCSc2ccccc2)CC1. The third kappa shape index (κ3) is 4.84. The van der Waals surface area contributed by atoms with Gasteiger partial charge in [-0.25, -0.2) is 0 Å². The molecule has 0 amide bonds. The molecule has 4 heteroatoms. The third-order valence-electron chi connectivity index (χ3n) is 3.66. The summed E-state index contributed by atoms with van der Waals surface area (Å²) < 4.78 is 10.7. The molecule has 0 saturated heterocycles. The summed E-state index contributed by atoms with van der Waals surface area (Å²) in [6.07, 6.45) is 4.03. The van der Waals surface area contributed by atoms with Gasteiger partial charge in [0.2, 0.25) is 0 Å². The van der Waals surface area contributed by atoms with Crippen molar-refractivity contribution in [1.82, 2.24) is 0 Å². The van der Waals surface area contributed by atoms with Crippen molar-refractivity contribution in [2.45, 2.75) is 36.7 Å². The summed E-state index contributed by atoms with van der Waals surface area (Å²) in [5.41, 5.74) is 0. The molecule has 1 aromatic rings. The molecule has 0 atom stereocenters. The van der Waals surface area contributed by atoms with Crippen molar-refractivity contribution in [2.24, 2.45) is 5.92 Å². The average molecular weight is 294 g/mol. The third-order valence-corrected chi connectivity index (χ3v) is 4.63. The van der Waals surface area contributed by atoms with E-state index in [0.29, 0.717) is 6.10 Å². The van der Waals surface area contributed by atoms with Crippen LogP contribution in [0.3, 0.4) is 0 Å². The second-order valence-electron chi connectivity index (χ2n) is 5.03. The molecule has 1 saturated carbocycles. The van der Waals surface area contributed by atoms with Gasteiger partial charge in [-0.1, -0.05) is 18.2 Å². The number of carbonyl (C=O) groups excluding carboxylic acids is 1. The van der Waals surface area contributed by atoms with Crippen molar-refractivity contribution >= 4 is 17.7 Å². The van der Waals surface area contributed by atoms with E-state index in [-0.39, 0.29) is 11.9 Å². The molecule has 0 N–H and O–H groups in total. The summed E-state index contributed by atoms with van der Waals surface area (Å²) >= 11 is 1.82. The molecule has 0 aromatic heterocycles. The van der Waals surface area contributed by atoms with Crippen molar-refractivity contribution in [2.75, 3.05) is 19.5 Å². The lowest BCUT2D eigenvalue weighted by molar-refractivity contribution is -0.147. The van der Waals surface area contributed by atoms with E-state index in [1.165, 1.54) is 12.0 Å². The number of hydrogen-bond donors (Lipinski definition) is 0. The highest BCUT2D eigenvalue weighted by molar-refractivity contribution is 7.99. The van der Waals surface area contributed by atoms with Gasteiger partial charge in [0.25, 0.3) is 0 Å². The summed E-state index contributed by atoms with van der Waals surface area (Å²) in [6, 6.07) is 10.4. The lowest BCUT2D eigenvalue weighted by atomic mass is 9.87. The van der Waals surface area contributed by atoms with Crippen LogP contribution in [0.1, 0.15) is 25.7 Å². The largest absolute Gasteiger partial charge is 0.469 e. The Kier molecular flexibility index (Phi) is 6.40. The van der Waals surface area contributed by atoms with Crippen molar-refractivity contribution in [3.8, 4) is 0 Å². The first-order valence-corrected chi connectivity index (χ1v) is 8.15.